The fraction of sp³-hybridized carbons (Fsp3) is 0.548. The lowest BCUT2D eigenvalue weighted by molar-refractivity contribution is -0.338. The summed E-state index contributed by atoms with van der Waals surface area (Å²) in [6.07, 6.45) is 1.43. The average Bonchev–Trinajstić information content (AvgIpc) is 3.81. The van der Waals surface area contributed by atoms with Crippen molar-refractivity contribution in [3.05, 3.63) is 94.3 Å². The summed E-state index contributed by atoms with van der Waals surface area (Å²) in [5.41, 5.74) is 4.72. The van der Waals surface area contributed by atoms with Crippen molar-refractivity contribution in [2.24, 2.45) is 5.73 Å². The number of rotatable bonds is 16. The van der Waals surface area contributed by atoms with Crippen molar-refractivity contribution in [2.75, 3.05) is 20.3 Å². The number of amides is 2. The molecule has 63 heavy (non-hydrogen) atoms. The first kappa shape index (κ1) is 50.7. The maximum absolute atomic E-state index is 13.9. The Balaban J connectivity index is 1.22. The van der Waals surface area contributed by atoms with Gasteiger partial charge in [0.25, 0.3) is 5.91 Å². The number of allylic oxidation sites excluding steroid dienone is 13. The number of primary amides is 1. The van der Waals surface area contributed by atoms with Crippen LogP contribution >= 0.6 is 34.8 Å². The number of hydrogen-bond acceptors (Lipinski definition) is 16. The molecule has 0 unspecified atom stereocenters. The predicted octanol–water partition coefficient (Wildman–Crippen LogP) is 1.31. The highest BCUT2D eigenvalue weighted by Crippen LogP contribution is 2.36. The topological polar surface area (TPSA) is 266 Å². The highest BCUT2D eigenvalue weighted by molar-refractivity contribution is 6.32. The van der Waals surface area contributed by atoms with Gasteiger partial charge in [-0.2, -0.15) is 0 Å². The summed E-state index contributed by atoms with van der Waals surface area (Å²) in [5.74, 6) is -3.87. The van der Waals surface area contributed by atoms with Gasteiger partial charge in [0.05, 0.1) is 37.2 Å². The van der Waals surface area contributed by atoms with Gasteiger partial charge in [0, 0.05) is 17.2 Å². The Morgan fingerprint density at radius 3 is 2.16 bits per heavy atom. The largest absolute Gasteiger partial charge is 0.507 e. The Bertz CT molecular complexity index is 1890. The van der Waals surface area contributed by atoms with Crippen LogP contribution in [0.2, 0.25) is 0 Å². The Hall–Kier alpha value is -3.28. The quantitative estimate of drug-likeness (QED) is 0.0378. The zero-order chi connectivity index (χ0) is 46.1. The van der Waals surface area contributed by atoms with Gasteiger partial charge in [-0.3, -0.25) is 19.3 Å². The van der Waals surface area contributed by atoms with Gasteiger partial charge in [0.2, 0.25) is 5.91 Å². The number of alkyl halides is 1. The van der Waals surface area contributed by atoms with Gasteiger partial charge < -0.3 is 69.5 Å². The maximum Gasteiger partial charge on any atom is 0.264 e. The SMILES string of the molecule is CO[C@@H]1[C@H](O[C@@H]2CO[C@@H](O[C@@H]3[C@@H](O)[C@H](O)CO[C@H]3N3C(=O)/C(=C(O)/C=C/C=C/C=C/C=C/C=C(Cl)/C=C/C=C(\Cl)[C@H]4O[C@H](C)C[C@@H]4Cl)C(=O)[C@@H]3CC(N)=O)[C@@H](O)[C@@H]2O)O[C@H](C)[C@H]1O. The smallest absolute Gasteiger partial charge is 0.264 e. The minimum atomic E-state index is -1.86. The number of Topliss-reactive ketones (excluding diaryl/α,β-unsaturated/α-hetero) is 1. The second-order valence-electron chi connectivity index (χ2n) is 15.3. The molecule has 18 nitrogen and oxygen atoms in total. The molecule has 2 amide bonds. The van der Waals surface area contributed by atoms with Crippen LogP contribution in [0.3, 0.4) is 0 Å². The van der Waals surface area contributed by atoms with Crippen LogP contribution in [0.15, 0.2) is 94.3 Å². The predicted molar refractivity (Wildman–Crippen MR) is 226 cm³/mol. The number of aliphatic hydroxyl groups excluding tert-OH is 6. The van der Waals surface area contributed by atoms with Crippen molar-refractivity contribution in [1.29, 1.82) is 0 Å². The Labute approximate surface area is 378 Å². The van der Waals surface area contributed by atoms with E-state index in [0.29, 0.717) is 16.5 Å². The van der Waals surface area contributed by atoms with Crippen LogP contribution in [-0.2, 0) is 47.5 Å². The molecule has 0 aromatic heterocycles. The van der Waals surface area contributed by atoms with E-state index in [9.17, 15) is 45.0 Å². The highest BCUT2D eigenvalue weighted by Gasteiger charge is 2.56. The third-order valence-corrected chi connectivity index (χ3v) is 11.7. The highest BCUT2D eigenvalue weighted by atomic mass is 35.5. The summed E-state index contributed by atoms with van der Waals surface area (Å²) >= 11 is 18.8. The number of ether oxygens (including phenoxy) is 7. The number of carbonyl (C=O) groups is 3. The van der Waals surface area contributed by atoms with Gasteiger partial charge in [0.15, 0.2) is 24.6 Å². The first-order chi connectivity index (χ1) is 29.9. The van der Waals surface area contributed by atoms with Crippen molar-refractivity contribution in [3.63, 3.8) is 0 Å². The normalized spacial score (nSPS) is 39.4. The van der Waals surface area contributed by atoms with E-state index < -0.39 is 128 Å². The lowest BCUT2D eigenvalue weighted by Crippen LogP contribution is -2.65. The third-order valence-electron chi connectivity index (χ3n) is 10.7. The molecule has 0 spiro atoms. The zero-order valence-electron chi connectivity index (χ0n) is 34.4. The molecule has 5 rings (SSSR count). The van der Waals surface area contributed by atoms with Crippen LogP contribution in [0, 0.1) is 0 Å². The van der Waals surface area contributed by atoms with Crippen molar-refractivity contribution in [2.45, 2.75) is 124 Å². The molecular formula is C42H53Cl3N2O16. The molecule has 0 bridgehead atoms. The van der Waals surface area contributed by atoms with E-state index >= 15 is 0 Å². The Kier molecular flexibility index (Phi) is 18.7. The number of ketones is 1. The lowest BCUT2D eigenvalue weighted by Gasteiger charge is -2.46. The van der Waals surface area contributed by atoms with E-state index in [2.05, 4.69) is 0 Å². The minimum Gasteiger partial charge on any atom is -0.507 e. The van der Waals surface area contributed by atoms with Gasteiger partial charge in [-0.1, -0.05) is 71.8 Å². The number of hydrogen-bond donors (Lipinski definition) is 7. The van der Waals surface area contributed by atoms with Crippen molar-refractivity contribution >= 4 is 52.4 Å². The monoisotopic (exact) mass is 946 g/mol. The van der Waals surface area contributed by atoms with E-state index in [1.54, 1.807) is 61.6 Å². The number of aliphatic hydroxyl groups is 6. The fourth-order valence-electron chi connectivity index (χ4n) is 7.39. The molecule has 0 aromatic rings. The lowest BCUT2D eigenvalue weighted by atomic mass is 10.0. The Morgan fingerprint density at radius 2 is 1.51 bits per heavy atom. The first-order valence-corrected chi connectivity index (χ1v) is 21.2. The molecule has 5 saturated heterocycles. The van der Waals surface area contributed by atoms with E-state index in [4.69, 9.17) is 73.7 Å². The molecule has 21 heteroatoms. The van der Waals surface area contributed by atoms with E-state index in [1.165, 1.54) is 19.3 Å². The van der Waals surface area contributed by atoms with Crippen molar-refractivity contribution in [1.82, 2.24) is 4.90 Å². The number of halogens is 3. The fourth-order valence-corrected chi connectivity index (χ4v) is 8.32. The third kappa shape index (κ3) is 12.5. The van der Waals surface area contributed by atoms with E-state index in [-0.39, 0.29) is 17.6 Å². The molecule has 5 heterocycles. The van der Waals surface area contributed by atoms with Gasteiger partial charge in [-0.05, 0) is 44.6 Å². The molecular weight excluding hydrogens is 895 g/mol. The van der Waals surface area contributed by atoms with E-state index in [1.807, 2.05) is 6.92 Å². The molecule has 0 radical (unpaired) electrons. The molecule has 5 aliphatic heterocycles. The number of nitrogens with two attached hydrogens (primary N) is 1. The van der Waals surface area contributed by atoms with Crippen molar-refractivity contribution in [3.8, 4) is 0 Å². The summed E-state index contributed by atoms with van der Waals surface area (Å²) in [6, 6.07) is -1.63. The molecule has 348 valence electrons. The molecule has 0 aliphatic carbocycles. The molecule has 16 atom stereocenters. The molecule has 8 N–H and O–H groups in total. The van der Waals surface area contributed by atoms with Gasteiger partial charge in [0.1, 0.15) is 72.3 Å². The van der Waals surface area contributed by atoms with Gasteiger partial charge in [-0.25, -0.2) is 0 Å². The van der Waals surface area contributed by atoms with Crippen molar-refractivity contribution < 1.29 is 78.2 Å². The van der Waals surface area contributed by atoms with Crippen LogP contribution in [0.4, 0.5) is 0 Å². The van der Waals surface area contributed by atoms with Crippen LogP contribution in [-0.4, -0.2) is 171 Å². The van der Waals surface area contributed by atoms with Gasteiger partial charge >= 0.3 is 0 Å². The molecule has 5 fully saturated rings. The van der Waals surface area contributed by atoms with Gasteiger partial charge in [-0.15, -0.1) is 11.6 Å². The number of carbonyl (C=O) groups excluding carboxylic acids is 3. The first-order valence-electron chi connectivity index (χ1n) is 20.0. The molecule has 0 aromatic carbocycles. The molecule has 0 saturated carbocycles. The summed E-state index contributed by atoms with van der Waals surface area (Å²) in [4.78, 5) is 40.5. The second-order valence-corrected chi connectivity index (χ2v) is 16.7. The maximum atomic E-state index is 13.9. The summed E-state index contributed by atoms with van der Waals surface area (Å²) < 4.78 is 39.5. The second kappa shape index (κ2) is 23.3. The average molecular weight is 948 g/mol. The van der Waals surface area contributed by atoms with Crippen LogP contribution < -0.4 is 5.73 Å². The zero-order valence-corrected chi connectivity index (χ0v) is 36.7. The minimum absolute atomic E-state index is 0.0293. The number of methoxy groups -OCH3 is 1. The number of likely N-dealkylation sites (tertiary alicyclic amines) is 1. The molecule has 5 aliphatic rings. The summed E-state index contributed by atoms with van der Waals surface area (Å²) in [5, 5.41) is 65.5. The number of nitrogens with zero attached hydrogens (tertiary/aromatic N) is 1. The Morgan fingerprint density at radius 1 is 0.825 bits per heavy atom. The summed E-state index contributed by atoms with van der Waals surface area (Å²) in [7, 11) is 1.34. The van der Waals surface area contributed by atoms with Crippen LogP contribution in [0.1, 0.15) is 26.7 Å². The summed E-state index contributed by atoms with van der Waals surface area (Å²) in [6.45, 7) is 2.55. The van der Waals surface area contributed by atoms with E-state index in [0.717, 1.165) is 11.0 Å². The van der Waals surface area contributed by atoms with Crippen LogP contribution in [0.25, 0.3) is 0 Å². The standard InChI is InChI=1S/C42H53Cl3N2O16/c1-20-16-24(45)36(60-20)23(44)14-11-13-22(43)12-9-7-5-4-6-8-10-15-26(48)30-32(52)25(17-29(46)50)47(39(30)56)40-37(33(53)27(49)18-58-40)63-41-35(55)34(54)28(19-59-41)62-42-38(57-3)31(51)21(2)61-42/h4-15,20-21,24-25,27-28,31,33-38,40-42,48-49,51,53-55H,16-19H2,1-3H3,(H2,46,50)/b5-4+,8-6+,9-7+,13-11+,15-10+,22-12-,23-14-,30-26-/t20-,21-,24+,25+,27-,28-,31-,33+,34-,35+,36-,37-,38+,40-,41+,42+/m1/s1. The van der Waals surface area contributed by atoms with Crippen LogP contribution in [0.5, 0.6) is 0 Å².